The fourth-order valence-corrected chi connectivity index (χ4v) is 2.58. The van der Waals surface area contributed by atoms with Crippen LogP contribution in [0.15, 0.2) is 79.1 Å². The van der Waals surface area contributed by atoms with Gasteiger partial charge >= 0.3 is 0 Å². The van der Waals surface area contributed by atoms with Crippen molar-refractivity contribution in [2.75, 3.05) is 26.2 Å². The number of nitrogens with zero attached hydrogens (tertiary/aromatic N) is 1. The smallest absolute Gasteiger partial charge is 0.236 e. The van der Waals surface area contributed by atoms with Crippen LogP contribution in [0.25, 0.3) is 0 Å². The molecule has 1 saturated heterocycles. The maximum Gasteiger partial charge on any atom is 0.236 e. The molecule has 1 N–H and O–H groups in total. The summed E-state index contributed by atoms with van der Waals surface area (Å²) in [5.74, 6) is 0.862. The predicted octanol–water partition coefficient (Wildman–Crippen LogP) is 5.26. The van der Waals surface area contributed by atoms with E-state index in [9.17, 15) is 4.79 Å². The second-order valence-electron chi connectivity index (χ2n) is 5.81. The van der Waals surface area contributed by atoms with Crippen LogP contribution in [-0.2, 0) is 16.1 Å². The third-order valence-electron chi connectivity index (χ3n) is 3.97. The van der Waals surface area contributed by atoms with Gasteiger partial charge in [0.15, 0.2) is 0 Å². The fourth-order valence-electron chi connectivity index (χ4n) is 2.58. The van der Waals surface area contributed by atoms with Crippen molar-refractivity contribution in [3.8, 4) is 0 Å². The number of hydrogen-bond donors (Lipinski definition) is 1. The van der Waals surface area contributed by atoms with Crippen molar-refractivity contribution in [3.63, 3.8) is 0 Å². The maximum absolute atomic E-state index is 11.9. The highest BCUT2D eigenvalue weighted by atomic mass is 16.5. The van der Waals surface area contributed by atoms with Crippen molar-refractivity contribution in [2.45, 2.75) is 40.7 Å². The third-order valence-corrected chi connectivity index (χ3v) is 3.97. The molecule has 4 heteroatoms. The number of carbonyl (C=O) groups is 1. The average Bonchev–Trinajstić information content (AvgIpc) is 2.79. The molecule has 1 fully saturated rings. The molecule has 1 heterocycles. The second-order valence-corrected chi connectivity index (χ2v) is 5.81. The van der Waals surface area contributed by atoms with E-state index in [2.05, 4.69) is 18.5 Å². The number of rotatable bonds is 9. The molecule has 0 saturated carbocycles. The van der Waals surface area contributed by atoms with Crippen LogP contribution < -0.4 is 5.32 Å². The minimum atomic E-state index is 0.150. The first-order valence-electron chi connectivity index (χ1n) is 10.5. The molecule has 1 amide bonds. The van der Waals surface area contributed by atoms with Crippen molar-refractivity contribution >= 4 is 5.91 Å². The average molecular weight is 399 g/mol. The van der Waals surface area contributed by atoms with Crippen LogP contribution >= 0.6 is 0 Å². The summed E-state index contributed by atoms with van der Waals surface area (Å²) in [6.45, 7) is 18.8. The van der Waals surface area contributed by atoms with Gasteiger partial charge in [0.25, 0.3) is 0 Å². The van der Waals surface area contributed by atoms with E-state index in [0.29, 0.717) is 25.5 Å². The number of piperazine rings is 1. The highest BCUT2D eigenvalue weighted by molar-refractivity contribution is 5.79. The summed E-state index contributed by atoms with van der Waals surface area (Å²) < 4.78 is 5.84. The van der Waals surface area contributed by atoms with E-state index in [-0.39, 0.29) is 5.91 Å². The van der Waals surface area contributed by atoms with E-state index in [1.807, 2.05) is 75.1 Å². The molecular formula is C25H38N2O2. The van der Waals surface area contributed by atoms with Crippen LogP contribution in [0.3, 0.4) is 0 Å². The Morgan fingerprint density at radius 3 is 2.45 bits per heavy atom. The predicted molar refractivity (Wildman–Crippen MR) is 125 cm³/mol. The summed E-state index contributed by atoms with van der Waals surface area (Å²) in [5, 5.41) is 3.08. The monoisotopic (exact) mass is 398 g/mol. The molecule has 160 valence electrons. The van der Waals surface area contributed by atoms with Crippen molar-refractivity contribution in [2.24, 2.45) is 0 Å². The topological polar surface area (TPSA) is 41.6 Å². The Morgan fingerprint density at radius 1 is 1.17 bits per heavy atom. The molecule has 1 aromatic carbocycles. The van der Waals surface area contributed by atoms with Crippen LogP contribution in [-0.4, -0.2) is 37.0 Å². The van der Waals surface area contributed by atoms with Gasteiger partial charge in [-0.1, -0.05) is 83.3 Å². The Labute approximate surface area is 177 Å². The summed E-state index contributed by atoms with van der Waals surface area (Å²) >= 11 is 0. The van der Waals surface area contributed by atoms with Crippen LogP contribution in [0.4, 0.5) is 0 Å². The zero-order valence-corrected chi connectivity index (χ0v) is 18.6. The van der Waals surface area contributed by atoms with E-state index in [0.717, 1.165) is 30.6 Å². The quantitative estimate of drug-likeness (QED) is 0.456. The van der Waals surface area contributed by atoms with Gasteiger partial charge in [-0.15, -0.1) is 0 Å². The summed E-state index contributed by atoms with van der Waals surface area (Å²) in [7, 11) is 0. The van der Waals surface area contributed by atoms with Crippen LogP contribution in [0.1, 0.15) is 39.7 Å². The Bertz CT molecular complexity index is 648. The Hall–Kier alpha value is -2.59. The molecule has 0 spiro atoms. The number of benzene rings is 1. The number of carbonyl (C=O) groups excluding carboxylic acids is 1. The molecule has 4 nitrogen and oxygen atoms in total. The van der Waals surface area contributed by atoms with Crippen LogP contribution in [0.2, 0.25) is 0 Å². The summed E-state index contributed by atoms with van der Waals surface area (Å²) in [4.78, 5) is 13.8. The van der Waals surface area contributed by atoms with Gasteiger partial charge in [0.1, 0.15) is 12.4 Å². The highest BCUT2D eigenvalue weighted by Gasteiger charge is 2.17. The lowest BCUT2D eigenvalue weighted by atomic mass is 10.1. The lowest BCUT2D eigenvalue weighted by Crippen LogP contribution is -2.48. The van der Waals surface area contributed by atoms with Crippen LogP contribution in [0, 0.1) is 0 Å². The molecule has 1 aliphatic rings. The summed E-state index contributed by atoms with van der Waals surface area (Å²) in [6, 6.07) is 10.0. The van der Waals surface area contributed by atoms with Gasteiger partial charge in [0.2, 0.25) is 5.91 Å². The number of amides is 1. The standard InChI is InChI=1S/C21H26N2O2.2C2H6/c1-3-8-18(11-13-23-14-12-22-16-21(23)24)15-20(4-2)25-17-19-9-6-5-7-10-19;2*1-2/h3-10,15,22H,1-2,11-14,16-17H2;2*1-2H3/b18-8-,20-15+;;. The number of allylic oxidation sites excluding steroid dienone is 4. The first-order chi connectivity index (χ1) is 14.2. The summed E-state index contributed by atoms with van der Waals surface area (Å²) in [6.07, 6.45) is 8.12. The molecule has 1 aliphatic heterocycles. The van der Waals surface area contributed by atoms with Gasteiger partial charge in [0, 0.05) is 19.6 Å². The minimum absolute atomic E-state index is 0.150. The van der Waals surface area contributed by atoms with E-state index in [1.54, 1.807) is 12.2 Å². The molecule has 0 aliphatic carbocycles. The molecule has 0 atom stereocenters. The molecule has 2 rings (SSSR count). The molecule has 29 heavy (non-hydrogen) atoms. The largest absolute Gasteiger partial charge is 0.489 e. The lowest BCUT2D eigenvalue weighted by molar-refractivity contribution is -0.131. The molecule has 0 unspecified atom stereocenters. The van der Waals surface area contributed by atoms with Crippen molar-refractivity contribution in [3.05, 3.63) is 84.7 Å². The van der Waals surface area contributed by atoms with E-state index >= 15 is 0 Å². The van der Waals surface area contributed by atoms with Gasteiger partial charge in [-0.2, -0.15) is 0 Å². The Morgan fingerprint density at radius 2 is 1.86 bits per heavy atom. The van der Waals surface area contributed by atoms with Gasteiger partial charge in [-0.25, -0.2) is 0 Å². The Kier molecular flexibility index (Phi) is 15.9. The summed E-state index contributed by atoms with van der Waals surface area (Å²) in [5.41, 5.74) is 2.17. The van der Waals surface area contributed by atoms with E-state index in [4.69, 9.17) is 4.74 Å². The van der Waals surface area contributed by atoms with Crippen LogP contribution in [0.5, 0.6) is 0 Å². The first-order valence-corrected chi connectivity index (χ1v) is 10.5. The minimum Gasteiger partial charge on any atom is -0.489 e. The lowest BCUT2D eigenvalue weighted by Gasteiger charge is -2.27. The van der Waals surface area contributed by atoms with Crippen molar-refractivity contribution in [1.82, 2.24) is 10.2 Å². The molecule has 0 radical (unpaired) electrons. The zero-order chi connectivity index (χ0) is 21.9. The highest BCUT2D eigenvalue weighted by Crippen LogP contribution is 2.13. The third kappa shape index (κ3) is 11.1. The Balaban J connectivity index is 0.00000184. The fraction of sp³-hybridized carbons (Fsp3) is 0.400. The van der Waals surface area contributed by atoms with E-state index in [1.165, 1.54) is 0 Å². The van der Waals surface area contributed by atoms with Gasteiger partial charge < -0.3 is 15.0 Å². The van der Waals surface area contributed by atoms with E-state index < -0.39 is 0 Å². The number of ether oxygens (including phenoxy) is 1. The normalized spacial score (nSPS) is 14.1. The van der Waals surface area contributed by atoms with Gasteiger partial charge in [0.05, 0.1) is 6.54 Å². The van der Waals surface area contributed by atoms with Gasteiger partial charge in [-0.05, 0) is 29.7 Å². The first kappa shape index (κ1) is 26.4. The number of hydrogen-bond acceptors (Lipinski definition) is 3. The molecule has 0 bridgehead atoms. The molecule has 1 aromatic rings. The molecular weight excluding hydrogens is 360 g/mol. The number of nitrogens with one attached hydrogen (secondary N) is 1. The zero-order valence-electron chi connectivity index (χ0n) is 18.6. The van der Waals surface area contributed by atoms with Crippen molar-refractivity contribution < 1.29 is 9.53 Å². The maximum atomic E-state index is 11.9. The second kappa shape index (κ2) is 17.5. The molecule has 0 aromatic heterocycles. The van der Waals surface area contributed by atoms with Gasteiger partial charge in [-0.3, -0.25) is 4.79 Å². The SMILES string of the molecule is C=C/C=C(\C=C(/C=C)OCc1ccccc1)CCN1CCNCC1=O.CC.CC. The van der Waals surface area contributed by atoms with Crippen molar-refractivity contribution in [1.29, 1.82) is 0 Å².